The third-order valence-corrected chi connectivity index (χ3v) is 5.02. The van der Waals surface area contributed by atoms with Gasteiger partial charge in [-0.3, -0.25) is 4.79 Å². The van der Waals surface area contributed by atoms with Crippen molar-refractivity contribution in [1.82, 2.24) is 5.32 Å². The summed E-state index contributed by atoms with van der Waals surface area (Å²) >= 11 is 0. The van der Waals surface area contributed by atoms with Crippen LogP contribution in [0.25, 0.3) is 11.0 Å². The number of hydrogen-bond acceptors (Lipinski definition) is 3. The van der Waals surface area contributed by atoms with Crippen LogP contribution >= 0.6 is 0 Å². The fourth-order valence-electron chi connectivity index (χ4n) is 3.67. The molecule has 0 saturated heterocycles. The number of furan rings is 1. The highest BCUT2D eigenvalue weighted by molar-refractivity contribution is 5.99. The van der Waals surface area contributed by atoms with E-state index in [9.17, 15) is 4.79 Å². The van der Waals surface area contributed by atoms with Gasteiger partial charge in [0.15, 0.2) is 5.76 Å². The van der Waals surface area contributed by atoms with Gasteiger partial charge in [0, 0.05) is 10.9 Å². The molecule has 0 fully saturated rings. The lowest BCUT2D eigenvalue weighted by atomic mass is 9.87. The van der Waals surface area contributed by atoms with E-state index >= 15 is 0 Å². The van der Waals surface area contributed by atoms with Crippen LogP contribution in [0.5, 0.6) is 5.75 Å². The number of benzene rings is 2. The average molecular weight is 335 g/mol. The van der Waals surface area contributed by atoms with E-state index in [1.165, 1.54) is 11.1 Å². The van der Waals surface area contributed by atoms with E-state index in [1.54, 1.807) is 7.11 Å². The van der Waals surface area contributed by atoms with Gasteiger partial charge >= 0.3 is 0 Å². The zero-order valence-corrected chi connectivity index (χ0v) is 14.5. The molecule has 1 aliphatic rings. The van der Waals surface area contributed by atoms with Crippen molar-refractivity contribution in [2.75, 3.05) is 7.11 Å². The summed E-state index contributed by atoms with van der Waals surface area (Å²) in [6.07, 6.45) is 3.11. The molecule has 2 aromatic carbocycles. The van der Waals surface area contributed by atoms with Gasteiger partial charge in [-0.2, -0.15) is 0 Å². The van der Waals surface area contributed by atoms with Crippen molar-refractivity contribution in [2.24, 2.45) is 0 Å². The average Bonchev–Trinajstić information content (AvgIpc) is 2.98. The Morgan fingerprint density at radius 2 is 2.08 bits per heavy atom. The minimum atomic E-state index is -0.158. The van der Waals surface area contributed by atoms with Crippen molar-refractivity contribution in [3.63, 3.8) is 0 Å². The predicted molar refractivity (Wildman–Crippen MR) is 97.1 cm³/mol. The first-order valence-electron chi connectivity index (χ1n) is 8.63. The maximum absolute atomic E-state index is 12.8. The van der Waals surface area contributed by atoms with Crippen LogP contribution in [-0.4, -0.2) is 13.0 Å². The number of nitrogens with one attached hydrogen (secondary N) is 1. The van der Waals surface area contributed by atoms with E-state index in [2.05, 4.69) is 23.5 Å². The molecule has 3 aromatic rings. The van der Waals surface area contributed by atoms with Gasteiger partial charge in [0.1, 0.15) is 11.3 Å². The standard InChI is InChI=1S/C21H21NO3/c1-13-17-12-15(24-2)10-11-19(17)25-20(13)21(23)22-18-9-5-7-14-6-3-4-8-16(14)18/h3-4,6,8,10-12,18H,5,7,9H2,1-2H3,(H,22,23)/t18-/m0/s1. The number of aryl methyl sites for hydroxylation is 2. The molecule has 0 radical (unpaired) electrons. The zero-order valence-electron chi connectivity index (χ0n) is 14.5. The topological polar surface area (TPSA) is 51.5 Å². The Morgan fingerprint density at radius 3 is 2.92 bits per heavy atom. The number of rotatable bonds is 3. The molecule has 1 heterocycles. The van der Waals surface area contributed by atoms with Gasteiger partial charge in [0.25, 0.3) is 5.91 Å². The van der Waals surface area contributed by atoms with Crippen LogP contribution in [0.3, 0.4) is 0 Å². The fourth-order valence-corrected chi connectivity index (χ4v) is 3.67. The van der Waals surface area contributed by atoms with Crippen molar-refractivity contribution in [1.29, 1.82) is 0 Å². The molecule has 0 spiro atoms. The van der Waals surface area contributed by atoms with Crippen LogP contribution in [0, 0.1) is 6.92 Å². The van der Waals surface area contributed by atoms with Crippen LogP contribution in [0.1, 0.15) is 46.1 Å². The summed E-state index contributed by atoms with van der Waals surface area (Å²) in [7, 11) is 1.63. The third kappa shape index (κ3) is 2.78. The van der Waals surface area contributed by atoms with Gasteiger partial charge in [-0.25, -0.2) is 0 Å². The maximum atomic E-state index is 12.8. The molecule has 0 aliphatic heterocycles. The van der Waals surface area contributed by atoms with Crippen molar-refractivity contribution in [3.8, 4) is 5.75 Å². The van der Waals surface area contributed by atoms with Crippen molar-refractivity contribution >= 4 is 16.9 Å². The molecule has 1 aromatic heterocycles. The number of amides is 1. The quantitative estimate of drug-likeness (QED) is 0.763. The molecule has 1 atom stereocenters. The van der Waals surface area contributed by atoms with Gasteiger partial charge in [-0.15, -0.1) is 0 Å². The molecule has 4 rings (SSSR count). The molecule has 4 nitrogen and oxygen atoms in total. The monoisotopic (exact) mass is 335 g/mol. The smallest absolute Gasteiger partial charge is 0.287 e. The Hall–Kier alpha value is -2.75. The minimum Gasteiger partial charge on any atom is -0.497 e. The van der Waals surface area contributed by atoms with Crippen molar-refractivity contribution in [2.45, 2.75) is 32.2 Å². The van der Waals surface area contributed by atoms with E-state index in [1.807, 2.05) is 31.2 Å². The van der Waals surface area contributed by atoms with Crippen LogP contribution in [0.4, 0.5) is 0 Å². The number of methoxy groups -OCH3 is 1. The van der Waals surface area contributed by atoms with Gasteiger partial charge in [0.2, 0.25) is 0 Å². The highest BCUT2D eigenvalue weighted by Gasteiger charge is 2.25. The molecule has 0 unspecified atom stereocenters. The lowest BCUT2D eigenvalue weighted by Gasteiger charge is -2.26. The van der Waals surface area contributed by atoms with Crippen LogP contribution < -0.4 is 10.1 Å². The molecule has 1 amide bonds. The van der Waals surface area contributed by atoms with Crippen LogP contribution in [0.2, 0.25) is 0 Å². The molecule has 0 saturated carbocycles. The summed E-state index contributed by atoms with van der Waals surface area (Å²) in [6, 6.07) is 14.0. The number of carbonyl (C=O) groups is 1. The Kier molecular flexibility index (Phi) is 3.96. The van der Waals surface area contributed by atoms with Crippen molar-refractivity contribution < 1.29 is 13.9 Å². The van der Waals surface area contributed by atoms with Crippen LogP contribution in [-0.2, 0) is 6.42 Å². The zero-order chi connectivity index (χ0) is 17.4. The van der Waals surface area contributed by atoms with Gasteiger partial charge in [-0.05, 0) is 55.5 Å². The second kappa shape index (κ2) is 6.28. The molecule has 1 N–H and O–H groups in total. The minimum absolute atomic E-state index is 0.0413. The normalized spacial score (nSPS) is 16.5. The largest absolute Gasteiger partial charge is 0.497 e. The lowest BCUT2D eigenvalue weighted by Crippen LogP contribution is -2.31. The first kappa shape index (κ1) is 15.8. The van der Waals surface area contributed by atoms with E-state index in [0.717, 1.165) is 36.0 Å². The summed E-state index contributed by atoms with van der Waals surface area (Å²) < 4.78 is 11.1. The molecular formula is C21H21NO3. The number of fused-ring (bicyclic) bond motifs is 2. The molecular weight excluding hydrogens is 314 g/mol. The Morgan fingerprint density at radius 1 is 1.24 bits per heavy atom. The Bertz CT molecular complexity index is 941. The number of carbonyl (C=O) groups excluding carboxylic acids is 1. The molecule has 4 heteroatoms. The van der Waals surface area contributed by atoms with Gasteiger partial charge in [0.05, 0.1) is 13.2 Å². The second-order valence-electron chi connectivity index (χ2n) is 6.54. The molecule has 0 bridgehead atoms. The number of ether oxygens (including phenoxy) is 1. The third-order valence-electron chi connectivity index (χ3n) is 5.02. The number of hydrogen-bond donors (Lipinski definition) is 1. The highest BCUT2D eigenvalue weighted by atomic mass is 16.5. The molecule has 128 valence electrons. The van der Waals surface area contributed by atoms with Gasteiger partial charge in [-0.1, -0.05) is 24.3 Å². The highest BCUT2D eigenvalue weighted by Crippen LogP contribution is 2.32. The first-order chi connectivity index (χ1) is 12.2. The van der Waals surface area contributed by atoms with Gasteiger partial charge < -0.3 is 14.5 Å². The Balaban J connectivity index is 1.64. The summed E-state index contributed by atoms with van der Waals surface area (Å²) in [6.45, 7) is 1.91. The lowest BCUT2D eigenvalue weighted by molar-refractivity contribution is 0.0906. The summed E-state index contributed by atoms with van der Waals surface area (Å²) in [5, 5.41) is 4.07. The van der Waals surface area contributed by atoms with E-state index in [0.29, 0.717) is 11.3 Å². The van der Waals surface area contributed by atoms with Crippen molar-refractivity contribution in [3.05, 3.63) is 64.9 Å². The van der Waals surface area contributed by atoms with E-state index in [-0.39, 0.29) is 11.9 Å². The summed E-state index contributed by atoms with van der Waals surface area (Å²) in [4.78, 5) is 12.8. The second-order valence-corrected chi connectivity index (χ2v) is 6.54. The maximum Gasteiger partial charge on any atom is 0.287 e. The summed E-state index contributed by atoms with van der Waals surface area (Å²) in [5.74, 6) is 0.977. The summed E-state index contributed by atoms with van der Waals surface area (Å²) in [5.41, 5.74) is 4.09. The first-order valence-corrected chi connectivity index (χ1v) is 8.63. The molecule has 25 heavy (non-hydrogen) atoms. The van der Waals surface area contributed by atoms with E-state index < -0.39 is 0 Å². The van der Waals surface area contributed by atoms with Crippen LogP contribution in [0.15, 0.2) is 46.9 Å². The predicted octanol–water partition coefficient (Wildman–Crippen LogP) is 4.56. The molecule has 1 aliphatic carbocycles. The SMILES string of the molecule is COc1ccc2oc(C(=O)N[C@H]3CCCc4ccccc43)c(C)c2c1. The fraction of sp³-hybridized carbons (Fsp3) is 0.286. The van der Waals surface area contributed by atoms with E-state index in [4.69, 9.17) is 9.15 Å². The Labute approximate surface area is 146 Å².